The summed E-state index contributed by atoms with van der Waals surface area (Å²) in [4.78, 5) is 16.3. The van der Waals surface area contributed by atoms with Gasteiger partial charge in [0.2, 0.25) is 5.89 Å². The average molecular weight is 264 g/mol. The van der Waals surface area contributed by atoms with Crippen LogP contribution in [0.5, 0.6) is 0 Å². The highest BCUT2D eigenvalue weighted by Gasteiger charge is 2.33. The minimum absolute atomic E-state index is 0.152. The van der Waals surface area contributed by atoms with Crippen molar-refractivity contribution in [3.05, 3.63) is 11.7 Å². The summed E-state index contributed by atoms with van der Waals surface area (Å²) in [5.41, 5.74) is 0. The molecule has 1 saturated heterocycles. The number of nitrogens with zero attached hydrogens (tertiary/aromatic N) is 2. The van der Waals surface area contributed by atoms with Crippen LogP contribution in [-0.4, -0.2) is 29.1 Å². The molecule has 0 bridgehead atoms. The van der Waals surface area contributed by atoms with Crippen LogP contribution in [-0.2, 0) is 9.53 Å². The van der Waals surface area contributed by atoms with Gasteiger partial charge in [-0.2, -0.15) is 4.98 Å². The van der Waals surface area contributed by atoms with Gasteiger partial charge in [0.1, 0.15) is 11.7 Å². The molecule has 0 aromatic carbocycles. The van der Waals surface area contributed by atoms with Crippen LogP contribution in [0.15, 0.2) is 4.52 Å². The van der Waals surface area contributed by atoms with E-state index in [-0.39, 0.29) is 11.7 Å². The first kappa shape index (κ1) is 12.8. The SMILES string of the molecule is CCC1CCC(c2noc(C3COCCC3=O)n2)C1. The molecule has 5 heteroatoms. The van der Waals surface area contributed by atoms with E-state index in [2.05, 4.69) is 17.1 Å². The number of carbonyl (C=O) groups is 1. The summed E-state index contributed by atoms with van der Waals surface area (Å²) in [6, 6.07) is 0. The van der Waals surface area contributed by atoms with Crippen LogP contribution in [0.4, 0.5) is 0 Å². The van der Waals surface area contributed by atoms with E-state index in [9.17, 15) is 4.79 Å². The molecule has 2 heterocycles. The fourth-order valence-electron chi connectivity index (χ4n) is 3.09. The van der Waals surface area contributed by atoms with E-state index in [0.29, 0.717) is 31.4 Å². The molecule has 3 unspecified atom stereocenters. The molecule has 2 aliphatic rings. The van der Waals surface area contributed by atoms with Gasteiger partial charge >= 0.3 is 0 Å². The van der Waals surface area contributed by atoms with Crippen molar-refractivity contribution in [2.45, 2.75) is 50.9 Å². The first-order valence-corrected chi connectivity index (χ1v) is 7.22. The van der Waals surface area contributed by atoms with Gasteiger partial charge in [-0.3, -0.25) is 4.79 Å². The first-order chi connectivity index (χ1) is 9.28. The molecule has 0 N–H and O–H groups in total. The van der Waals surface area contributed by atoms with Crippen LogP contribution >= 0.6 is 0 Å². The fraction of sp³-hybridized carbons (Fsp3) is 0.786. The van der Waals surface area contributed by atoms with Gasteiger partial charge in [0.15, 0.2) is 5.82 Å². The molecule has 5 nitrogen and oxygen atoms in total. The number of ketones is 1. The second kappa shape index (κ2) is 5.41. The van der Waals surface area contributed by atoms with E-state index in [1.807, 2.05) is 0 Å². The van der Waals surface area contributed by atoms with E-state index < -0.39 is 0 Å². The zero-order chi connectivity index (χ0) is 13.2. The zero-order valence-corrected chi connectivity index (χ0v) is 11.3. The summed E-state index contributed by atoms with van der Waals surface area (Å²) in [7, 11) is 0. The minimum atomic E-state index is -0.349. The predicted octanol–water partition coefficient (Wildman–Crippen LogP) is 2.44. The number of hydrogen-bond acceptors (Lipinski definition) is 5. The maximum absolute atomic E-state index is 11.8. The van der Waals surface area contributed by atoms with Gasteiger partial charge in [0, 0.05) is 12.3 Å². The maximum atomic E-state index is 11.8. The Bertz CT molecular complexity index is 457. The van der Waals surface area contributed by atoms with Gasteiger partial charge in [0.25, 0.3) is 0 Å². The summed E-state index contributed by atoms with van der Waals surface area (Å²) in [5.74, 6) is 2.22. The van der Waals surface area contributed by atoms with Crippen molar-refractivity contribution in [2.75, 3.05) is 13.2 Å². The van der Waals surface area contributed by atoms with Crippen molar-refractivity contribution >= 4 is 5.78 Å². The Kier molecular flexibility index (Phi) is 3.64. The third-order valence-corrected chi connectivity index (χ3v) is 4.41. The zero-order valence-electron chi connectivity index (χ0n) is 11.3. The summed E-state index contributed by atoms with van der Waals surface area (Å²) >= 11 is 0. The standard InChI is InChI=1S/C14H20N2O3/c1-2-9-3-4-10(7-9)13-15-14(19-16-13)11-8-18-6-5-12(11)17/h9-11H,2-8H2,1H3. The van der Waals surface area contributed by atoms with Crippen LogP contribution in [0.3, 0.4) is 0 Å². The Labute approximate surface area is 112 Å². The Morgan fingerprint density at radius 2 is 2.26 bits per heavy atom. The number of carbonyl (C=O) groups excluding carboxylic acids is 1. The molecule has 2 fully saturated rings. The fourth-order valence-corrected chi connectivity index (χ4v) is 3.09. The molecule has 0 spiro atoms. The molecule has 0 amide bonds. The number of aromatic nitrogens is 2. The van der Waals surface area contributed by atoms with Crippen molar-refractivity contribution in [1.82, 2.24) is 10.1 Å². The summed E-state index contributed by atoms with van der Waals surface area (Å²) < 4.78 is 10.6. The molecule has 0 radical (unpaired) electrons. The smallest absolute Gasteiger partial charge is 0.239 e. The Morgan fingerprint density at radius 1 is 1.37 bits per heavy atom. The Hall–Kier alpha value is -1.23. The summed E-state index contributed by atoms with van der Waals surface area (Å²) in [6.07, 6.45) is 5.19. The average Bonchev–Trinajstić information content (AvgIpc) is 3.08. The lowest BCUT2D eigenvalue weighted by Gasteiger charge is -2.17. The highest BCUT2D eigenvalue weighted by atomic mass is 16.5. The monoisotopic (exact) mass is 264 g/mol. The molecule has 19 heavy (non-hydrogen) atoms. The first-order valence-electron chi connectivity index (χ1n) is 7.22. The van der Waals surface area contributed by atoms with Crippen LogP contribution in [0.1, 0.15) is 62.6 Å². The van der Waals surface area contributed by atoms with Crippen LogP contribution in [0.25, 0.3) is 0 Å². The second-order valence-electron chi connectivity index (χ2n) is 5.62. The third kappa shape index (κ3) is 2.56. The molecule has 3 rings (SSSR count). The van der Waals surface area contributed by atoms with Crippen LogP contribution in [0, 0.1) is 5.92 Å². The van der Waals surface area contributed by atoms with Gasteiger partial charge in [-0.15, -0.1) is 0 Å². The lowest BCUT2D eigenvalue weighted by Crippen LogP contribution is -2.25. The van der Waals surface area contributed by atoms with Crippen molar-refractivity contribution in [1.29, 1.82) is 0 Å². The largest absolute Gasteiger partial charge is 0.380 e. The number of hydrogen-bond donors (Lipinski definition) is 0. The predicted molar refractivity (Wildman–Crippen MR) is 67.9 cm³/mol. The van der Waals surface area contributed by atoms with E-state index in [0.717, 1.165) is 24.6 Å². The highest BCUT2D eigenvalue weighted by molar-refractivity contribution is 5.85. The minimum Gasteiger partial charge on any atom is -0.380 e. The van der Waals surface area contributed by atoms with Crippen LogP contribution in [0.2, 0.25) is 0 Å². The highest BCUT2D eigenvalue weighted by Crippen LogP contribution is 2.38. The molecule has 1 aromatic rings. The van der Waals surface area contributed by atoms with Gasteiger partial charge in [-0.1, -0.05) is 18.5 Å². The number of ether oxygens (including phenoxy) is 1. The molecule has 1 saturated carbocycles. The lowest BCUT2D eigenvalue weighted by atomic mass is 10.0. The molecule has 1 aliphatic heterocycles. The van der Waals surface area contributed by atoms with Crippen molar-refractivity contribution in [3.63, 3.8) is 0 Å². The van der Waals surface area contributed by atoms with Crippen molar-refractivity contribution in [3.8, 4) is 0 Å². The topological polar surface area (TPSA) is 65.2 Å². The quantitative estimate of drug-likeness (QED) is 0.839. The maximum Gasteiger partial charge on any atom is 0.239 e. The molecule has 3 atom stereocenters. The lowest BCUT2D eigenvalue weighted by molar-refractivity contribution is -0.127. The van der Waals surface area contributed by atoms with Crippen LogP contribution < -0.4 is 0 Å². The van der Waals surface area contributed by atoms with Gasteiger partial charge in [-0.25, -0.2) is 0 Å². The third-order valence-electron chi connectivity index (χ3n) is 4.41. The molecule has 1 aliphatic carbocycles. The Balaban J connectivity index is 1.71. The van der Waals surface area contributed by atoms with Gasteiger partial charge < -0.3 is 9.26 Å². The molecular formula is C14H20N2O3. The second-order valence-corrected chi connectivity index (χ2v) is 5.62. The van der Waals surface area contributed by atoms with E-state index >= 15 is 0 Å². The van der Waals surface area contributed by atoms with Crippen molar-refractivity contribution in [2.24, 2.45) is 5.92 Å². The summed E-state index contributed by atoms with van der Waals surface area (Å²) in [6.45, 7) is 3.12. The Morgan fingerprint density at radius 3 is 3.00 bits per heavy atom. The van der Waals surface area contributed by atoms with E-state index in [1.54, 1.807) is 0 Å². The molecule has 104 valence electrons. The van der Waals surface area contributed by atoms with Gasteiger partial charge in [0.05, 0.1) is 13.2 Å². The van der Waals surface area contributed by atoms with Gasteiger partial charge in [-0.05, 0) is 25.2 Å². The van der Waals surface area contributed by atoms with Crippen molar-refractivity contribution < 1.29 is 14.1 Å². The summed E-state index contributed by atoms with van der Waals surface area (Å²) in [5, 5.41) is 4.08. The number of Topliss-reactive ketones (excluding diaryl/α,β-unsaturated/α-hetero) is 1. The molecule has 1 aromatic heterocycles. The van der Waals surface area contributed by atoms with E-state index in [1.165, 1.54) is 12.8 Å². The normalized spacial score (nSPS) is 31.8. The molecular weight excluding hydrogens is 244 g/mol. The van der Waals surface area contributed by atoms with E-state index in [4.69, 9.17) is 9.26 Å². The number of rotatable bonds is 3.